The molecule has 0 bridgehead atoms. The molecular formula is C14H23NO2S. The highest BCUT2D eigenvalue weighted by Gasteiger charge is 2.07. The number of benzene rings is 1. The van der Waals surface area contributed by atoms with Crippen molar-refractivity contribution in [1.82, 2.24) is 4.90 Å². The van der Waals surface area contributed by atoms with Gasteiger partial charge in [0.2, 0.25) is 0 Å². The van der Waals surface area contributed by atoms with Crippen LogP contribution in [0, 0.1) is 6.92 Å². The summed E-state index contributed by atoms with van der Waals surface area (Å²) in [4.78, 5) is 3.43. The van der Waals surface area contributed by atoms with Crippen LogP contribution in [-0.4, -0.2) is 55.7 Å². The minimum Gasteiger partial charge on any atom is -0.389 e. The van der Waals surface area contributed by atoms with E-state index in [4.69, 9.17) is 4.74 Å². The van der Waals surface area contributed by atoms with E-state index in [1.54, 1.807) is 7.11 Å². The monoisotopic (exact) mass is 269 g/mol. The number of hydrogen-bond acceptors (Lipinski definition) is 4. The van der Waals surface area contributed by atoms with Gasteiger partial charge in [-0.3, -0.25) is 0 Å². The van der Waals surface area contributed by atoms with Gasteiger partial charge in [0.15, 0.2) is 0 Å². The van der Waals surface area contributed by atoms with E-state index in [-0.39, 0.29) is 0 Å². The lowest BCUT2D eigenvalue weighted by Crippen LogP contribution is -2.33. The van der Waals surface area contributed by atoms with Crippen LogP contribution in [0.25, 0.3) is 0 Å². The van der Waals surface area contributed by atoms with Gasteiger partial charge in [-0.1, -0.05) is 17.7 Å². The first kappa shape index (κ1) is 15.5. The smallest absolute Gasteiger partial charge is 0.0899 e. The molecule has 0 amide bonds. The molecule has 0 fully saturated rings. The second-order valence-electron chi connectivity index (χ2n) is 4.53. The third-order valence-electron chi connectivity index (χ3n) is 2.64. The lowest BCUT2D eigenvalue weighted by Gasteiger charge is -2.19. The molecule has 0 heterocycles. The zero-order chi connectivity index (χ0) is 13.4. The predicted octanol–water partition coefficient (Wildman–Crippen LogP) is 2.03. The maximum Gasteiger partial charge on any atom is 0.0899 e. The summed E-state index contributed by atoms with van der Waals surface area (Å²) in [6.07, 6.45) is -0.399. The van der Waals surface area contributed by atoms with E-state index >= 15 is 0 Å². The number of aryl methyl sites for hydroxylation is 1. The van der Waals surface area contributed by atoms with Crippen LogP contribution in [0.1, 0.15) is 5.56 Å². The number of aliphatic hydroxyl groups is 1. The van der Waals surface area contributed by atoms with Gasteiger partial charge in [0.1, 0.15) is 0 Å². The minimum absolute atomic E-state index is 0.398. The van der Waals surface area contributed by atoms with Crippen molar-refractivity contribution in [2.24, 2.45) is 0 Å². The second-order valence-corrected chi connectivity index (χ2v) is 5.70. The van der Waals surface area contributed by atoms with Gasteiger partial charge in [0.25, 0.3) is 0 Å². The lowest BCUT2D eigenvalue weighted by atomic mass is 10.2. The summed E-state index contributed by atoms with van der Waals surface area (Å²) in [6, 6.07) is 8.57. The third-order valence-corrected chi connectivity index (χ3v) is 3.64. The molecule has 1 unspecified atom stereocenters. The molecule has 0 radical (unpaired) electrons. The summed E-state index contributed by atoms with van der Waals surface area (Å²) in [7, 11) is 3.63. The Bertz CT molecular complexity index is 329. The molecule has 1 aromatic carbocycles. The average molecular weight is 269 g/mol. The van der Waals surface area contributed by atoms with Crippen molar-refractivity contribution in [3.63, 3.8) is 0 Å². The fraction of sp³-hybridized carbons (Fsp3) is 0.571. The van der Waals surface area contributed by atoms with Crippen LogP contribution in [0.2, 0.25) is 0 Å². The van der Waals surface area contributed by atoms with E-state index in [2.05, 4.69) is 36.1 Å². The molecule has 0 aliphatic carbocycles. The normalized spacial score (nSPS) is 12.9. The zero-order valence-electron chi connectivity index (χ0n) is 11.4. The molecule has 0 spiro atoms. The second kappa shape index (κ2) is 8.53. The number of nitrogens with zero attached hydrogens (tertiary/aromatic N) is 1. The van der Waals surface area contributed by atoms with Gasteiger partial charge in [-0.2, -0.15) is 0 Å². The first-order valence-electron chi connectivity index (χ1n) is 6.17. The highest BCUT2D eigenvalue weighted by molar-refractivity contribution is 7.99. The van der Waals surface area contributed by atoms with Crippen molar-refractivity contribution in [3.05, 3.63) is 29.8 Å². The molecule has 1 atom stereocenters. The van der Waals surface area contributed by atoms with Gasteiger partial charge < -0.3 is 14.7 Å². The first-order chi connectivity index (χ1) is 8.61. The Morgan fingerprint density at radius 1 is 1.33 bits per heavy atom. The fourth-order valence-corrected chi connectivity index (χ4v) is 2.62. The van der Waals surface area contributed by atoms with E-state index in [1.807, 2.05) is 18.8 Å². The predicted molar refractivity (Wildman–Crippen MR) is 77.3 cm³/mol. The summed E-state index contributed by atoms with van der Waals surface area (Å²) in [5, 5.41) is 9.59. The largest absolute Gasteiger partial charge is 0.389 e. The zero-order valence-corrected chi connectivity index (χ0v) is 12.2. The third kappa shape index (κ3) is 6.40. The lowest BCUT2D eigenvalue weighted by molar-refractivity contribution is 0.0445. The van der Waals surface area contributed by atoms with Crippen LogP contribution < -0.4 is 0 Å². The maximum atomic E-state index is 9.59. The summed E-state index contributed by atoms with van der Waals surface area (Å²) in [6.45, 7) is 4.11. The molecule has 1 aromatic rings. The number of aliphatic hydroxyl groups excluding tert-OH is 1. The molecule has 3 nitrogen and oxygen atoms in total. The number of ether oxygens (including phenoxy) is 1. The molecule has 0 saturated carbocycles. The van der Waals surface area contributed by atoms with E-state index in [1.165, 1.54) is 10.5 Å². The Balaban J connectivity index is 2.18. The average Bonchev–Trinajstić information content (AvgIpc) is 2.32. The van der Waals surface area contributed by atoms with Crippen LogP contribution in [0.15, 0.2) is 29.2 Å². The van der Waals surface area contributed by atoms with Crippen LogP contribution in [-0.2, 0) is 4.74 Å². The van der Waals surface area contributed by atoms with Gasteiger partial charge >= 0.3 is 0 Å². The standard InChI is InChI=1S/C14H23NO2S/c1-12-4-6-14(7-5-12)18-9-8-15(2)10-13(16)11-17-3/h4-7,13,16H,8-11H2,1-3H3. The Morgan fingerprint density at radius 3 is 2.61 bits per heavy atom. The first-order valence-corrected chi connectivity index (χ1v) is 7.15. The van der Waals surface area contributed by atoms with Crippen molar-refractivity contribution < 1.29 is 9.84 Å². The fourth-order valence-electron chi connectivity index (χ4n) is 1.65. The molecule has 102 valence electrons. The molecule has 18 heavy (non-hydrogen) atoms. The maximum absolute atomic E-state index is 9.59. The van der Waals surface area contributed by atoms with Crippen LogP contribution in [0.4, 0.5) is 0 Å². The minimum atomic E-state index is -0.399. The van der Waals surface area contributed by atoms with Crippen LogP contribution in [0.5, 0.6) is 0 Å². The number of hydrogen-bond donors (Lipinski definition) is 1. The Labute approximate surface area is 114 Å². The van der Waals surface area contributed by atoms with Gasteiger partial charge in [-0.15, -0.1) is 11.8 Å². The molecule has 1 rings (SSSR count). The number of thioether (sulfide) groups is 1. The topological polar surface area (TPSA) is 32.7 Å². The number of likely N-dealkylation sites (N-methyl/N-ethyl adjacent to an activating group) is 1. The van der Waals surface area contributed by atoms with Gasteiger partial charge in [-0.25, -0.2) is 0 Å². The molecule has 1 N–H and O–H groups in total. The van der Waals surface area contributed by atoms with Crippen molar-refractivity contribution in [2.45, 2.75) is 17.9 Å². The van der Waals surface area contributed by atoms with Crippen molar-refractivity contribution in [1.29, 1.82) is 0 Å². The highest BCUT2D eigenvalue weighted by Crippen LogP contribution is 2.17. The Kier molecular flexibility index (Phi) is 7.35. The van der Waals surface area contributed by atoms with E-state index in [9.17, 15) is 5.11 Å². The summed E-state index contributed by atoms with van der Waals surface area (Å²) < 4.78 is 4.91. The van der Waals surface area contributed by atoms with Gasteiger partial charge in [-0.05, 0) is 26.1 Å². The van der Waals surface area contributed by atoms with E-state index in [0.29, 0.717) is 13.2 Å². The van der Waals surface area contributed by atoms with Crippen LogP contribution in [0.3, 0.4) is 0 Å². The molecule has 0 aliphatic heterocycles. The molecular weight excluding hydrogens is 246 g/mol. The SMILES string of the molecule is COCC(O)CN(C)CCSc1ccc(C)cc1. The molecule has 0 saturated heterocycles. The number of methoxy groups -OCH3 is 1. The van der Waals surface area contributed by atoms with E-state index < -0.39 is 6.10 Å². The van der Waals surface area contributed by atoms with E-state index in [0.717, 1.165) is 12.3 Å². The molecule has 4 heteroatoms. The Hall–Kier alpha value is -0.550. The summed E-state index contributed by atoms with van der Waals surface area (Å²) >= 11 is 1.84. The molecule has 0 aromatic heterocycles. The summed E-state index contributed by atoms with van der Waals surface area (Å²) in [5.41, 5.74) is 1.29. The van der Waals surface area contributed by atoms with Gasteiger partial charge in [0.05, 0.1) is 12.7 Å². The molecule has 0 aliphatic rings. The highest BCUT2D eigenvalue weighted by atomic mass is 32.2. The van der Waals surface area contributed by atoms with Crippen molar-refractivity contribution in [2.75, 3.05) is 39.6 Å². The van der Waals surface area contributed by atoms with Gasteiger partial charge in [0, 0.05) is 30.8 Å². The Morgan fingerprint density at radius 2 is 2.00 bits per heavy atom. The summed E-state index contributed by atoms with van der Waals surface area (Å²) in [5.74, 6) is 1.03. The van der Waals surface area contributed by atoms with Crippen molar-refractivity contribution in [3.8, 4) is 0 Å². The van der Waals surface area contributed by atoms with Crippen LogP contribution >= 0.6 is 11.8 Å². The van der Waals surface area contributed by atoms with Crippen molar-refractivity contribution >= 4 is 11.8 Å². The number of rotatable bonds is 8. The quantitative estimate of drug-likeness (QED) is 0.732.